The van der Waals surface area contributed by atoms with Crippen LogP contribution in [-0.2, 0) is 14.3 Å². The van der Waals surface area contributed by atoms with E-state index < -0.39 is 11.7 Å². The first-order chi connectivity index (χ1) is 12.1. The predicted molar refractivity (Wildman–Crippen MR) is 89.9 cm³/mol. The zero-order valence-electron chi connectivity index (χ0n) is 14.4. The number of hydrogen-bond donors (Lipinski definition) is 0. The van der Waals surface area contributed by atoms with Gasteiger partial charge in [-0.15, -0.1) is 5.92 Å². The van der Waals surface area contributed by atoms with E-state index in [2.05, 4.69) is 11.8 Å². The van der Waals surface area contributed by atoms with Gasteiger partial charge in [0.25, 0.3) is 0 Å². The van der Waals surface area contributed by atoms with Crippen molar-refractivity contribution in [1.29, 1.82) is 0 Å². The minimum atomic E-state index is -1.06. The molecule has 0 saturated heterocycles. The van der Waals surface area contributed by atoms with Gasteiger partial charge in [0, 0.05) is 30.1 Å². The number of carbonyl (C=O) groups is 2. The van der Waals surface area contributed by atoms with E-state index in [0.29, 0.717) is 31.4 Å². The molecule has 2 bridgehead atoms. The van der Waals surface area contributed by atoms with Gasteiger partial charge in [0.15, 0.2) is 11.6 Å². The smallest absolute Gasteiger partial charge is 0.151 e. The number of carbonyl (C=O) groups excluding carboxylic acids is 2. The molecule has 1 aromatic rings. The Morgan fingerprint density at radius 1 is 1.16 bits per heavy atom. The zero-order valence-corrected chi connectivity index (χ0v) is 14.4. The van der Waals surface area contributed by atoms with Gasteiger partial charge in [0.1, 0.15) is 24.1 Å². The second-order valence-electron chi connectivity index (χ2n) is 6.53. The highest BCUT2D eigenvalue weighted by Gasteiger charge is 2.49. The molecule has 2 fully saturated rings. The first-order valence-electron chi connectivity index (χ1n) is 8.52. The van der Waals surface area contributed by atoms with Crippen LogP contribution in [0.3, 0.4) is 0 Å². The van der Waals surface area contributed by atoms with Crippen LogP contribution in [0.5, 0.6) is 5.75 Å². The van der Waals surface area contributed by atoms with Gasteiger partial charge in [-0.25, -0.2) is 4.39 Å². The SMILES string of the molecule is CC#Cc1cc(F)c(C2C(=O)C3CCC(C3)C2=O)c(OCCOC)c1. The normalized spacial score (nSPS) is 24.8. The molecule has 1 aromatic carbocycles. The average Bonchev–Trinajstić information content (AvgIpc) is 3.03. The number of ketones is 2. The minimum absolute atomic E-state index is 0.0596. The molecule has 25 heavy (non-hydrogen) atoms. The fraction of sp³-hybridized carbons (Fsp3) is 0.500. The summed E-state index contributed by atoms with van der Waals surface area (Å²) >= 11 is 0. The third-order valence-corrected chi connectivity index (χ3v) is 5.00. The summed E-state index contributed by atoms with van der Waals surface area (Å²) in [7, 11) is 1.54. The molecule has 2 atom stereocenters. The van der Waals surface area contributed by atoms with E-state index in [1.165, 1.54) is 13.2 Å². The van der Waals surface area contributed by atoms with Crippen LogP contribution < -0.4 is 4.74 Å². The van der Waals surface area contributed by atoms with E-state index in [-0.39, 0.29) is 41.3 Å². The predicted octanol–water partition coefficient (Wildman–Crippen LogP) is 2.87. The lowest BCUT2D eigenvalue weighted by atomic mass is 9.75. The number of halogens is 1. The van der Waals surface area contributed by atoms with Crippen LogP contribution in [0.1, 0.15) is 43.2 Å². The van der Waals surface area contributed by atoms with Crippen molar-refractivity contribution >= 4 is 11.6 Å². The molecule has 132 valence electrons. The Kier molecular flexibility index (Phi) is 5.19. The molecule has 4 nitrogen and oxygen atoms in total. The molecule has 2 aliphatic carbocycles. The van der Waals surface area contributed by atoms with Gasteiger partial charge < -0.3 is 9.47 Å². The number of methoxy groups -OCH3 is 1. The molecule has 0 N–H and O–H groups in total. The second-order valence-corrected chi connectivity index (χ2v) is 6.53. The molecule has 2 unspecified atom stereocenters. The van der Waals surface area contributed by atoms with E-state index in [9.17, 15) is 14.0 Å². The molecule has 0 aromatic heterocycles. The van der Waals surface area contributed by atoms with Gasteiger partial charge in [-0.3, -0.25) is 9.59 Å². The molecule has 2 saturated carbocycles. The summed E-state index contributed by atoms with van der Waals surface area (Å²) in [4.78, 5) is 25.5. The lowest BCUT2D eigenvalue weighted by molar-refractivity contribution is -0.136. The summed E-state index contributed by atoms with van der Waals surface area (Å²) in [6.45, 7) is 2.18. The third-order valence-electron chi connectivity index (χ3n) is 5.00. The lowest BCUT2D eigenvalue weighted by Gasteiger charge is -2.27. The number of Topliss-reactive ketones (excluding diaryl/α,β-unsaturated/α-hetero) is 2. The number of hydrogen-bond acceptors (Lipinski definition) is 4. The van der Waals surface area contributed by atoms with Crippen molar-refractivity contribution in [2.24, 2.45) is 11.8 Å². The van der Waals surface area contributed by atoms with Crippen molar-refractivity contribution in [3.8, 4) is 17.6 Å². The summed E-state index contributed by atoms with van der Waals surface area (Å²) in [6, 6.07) is 2.87. The van der Waals surface area contributed by atoms with Gasteiger partial charge in [-0.1, -0.05) is 5.92 Å². The number of ether oxygens (including phenoxy) is 2. The zero-order chi connectivity index (χ0) is 18.0. The largest absolute Gasteiger partial charge is 0.491 e. The van der Waals surface area contributed by atoms with Crippen molar-refractivity contribution in [1.82, 2.24) is 0 Å². The van der Waals surface area contributed by atoms with E-state index in [0.717, 1.165) is 0 Å². The second kappa shape index (κ2) is 7.37. The van der Waals surface area contributed by atoms with Crippen LogP contribution in [0.15, 0.2) is 12.1 Å². The van der Waals surface area contributed by atoms with Crippen molar-refractivity contribution < 1.29 is 23.5 Å². The highest BCUT2D eigenvalue weighted by atomic mass is 19.1. The van der Waals surface area contributed by atoms with Gasteiger partial charge in [-0.2, -0.15) is 0 Å². The Morgan fingerprint density at radius 2 is 1.84 bits per heavy atom. The maximum absolute atomic E-state index is 14.9. The van der Waals surface area contributed by atoms with Crippen molar-refractivity contribution in [2.75, 3.05) is 20.3 Å². The number of benzene rings is 1. The van der Waals surface area contributed by atoms with Gasteiger partial charge in [0.2, 0.25) is 0 Å². The van der Waals surface area contributed by atoms with E-state index in [4.69, 9.17) is 9.47 Å². The molecule has 0 spiro atoms. The molecular weight excluding hydrogens is 323 g/mol. The summed E-state index contributed by atoms with van der Waals surface area (Å²) in [5.74, 6) is 3.40. The molecule has 3 rings (SSSR count). The van der Waals surface area contributed by atoms with Crippen LogP contribution in [0.4, 0.5) is 4.39 Å². The first-order valence-corrected chi connectivity index (χ1v) is 8.52. The summed E-state index contributed by atoms with van der Waals surface area (Å²) < 4.78 is 25.5. The molecule has 0 heterocycles. The Hall–Kier alpha value is -2.19. The summed E-state index contributed by atoms with van der Waals surface area (Å²) in [5.41, 5.74) is 0.513. The Bertz CT molecular complexity index is 737. The molecule has 0 amide bonds. The van der Waals surface area contributed by atoms with Gasteiger partial charge in [-0.05, 0) is 38.3 Å². The minimum Gasteiger partial charge on any atom is -0.491 e. The highest BCUT2D eigenvalue weighted by Crippen LogP contribution is 2.46. The Morgan fingerprint density at radius 3 is 2.44 bits per heavy atom. The Labute approximate surface area is 146 Å². The van der Waals surface area contributed by atoms with Crippen LogP contribution >= 0.6 is 0 Å². The van der Waals surface area contributed by atoms with E-state index in [1.807, 2.05) is 0 Å². The third kappa shape index (κ3) is 3.32. The molecule has 2 aliphatic rings. The molecule has 0 radical (unpaired) electrons. The van der Waals surface area contributed by atoms with E-state index in [1.54, 1.807) is 13.0 Å². The standard InChI is InChI=1S/C20H21FO4/c1-3-4-12-9-15(21)17(16(10-12)25-8-7-24-2)18-19(22)13-5-6-14(11-13)20(18)23/h9-10,13-14,18H,5-8,11H2,1-2H3. The van der Waals surface area contributed by atoms with Crippen LogP contribution in [0.2, 0.25) is 0 Å². The van der Waals surface area contributed by atoms with E-state index >= 15 is 0 Å². The van der Waals surface area contributed by atoms with Crippen molar-refractivity contribution in [3.05, 3.63) is 29.1 Å². The summed E-state index contributed by atoms with van der Waals surface area (Å²) in [6.07, 6.45) is 2.04. The summed E-state index contributed by atoms with van der Waals surface area (Å²) in [5, 5.41) is 0. The quantitative estimate of drug-likeness (QED) is 0.468. The van der Waals surface area contributed by atoms with Gasteiger partial charge >= 0.3 is 0 Å². The number of fused-ring (bicyclic) bond motifs is 2. The first kappa shape index (κ1) is 17.6. The maximum atomic E-state index is 14.9. The van der Waals surface area contributed by atoms with Crippen molar-refractivity contribution in [3.63, 3.8) is 0 Å². The highest BCUT2D eigenvalue weighted by molar-refractivity contribution is 6.12. The maximum Gasteiger partial charge on any atom is 0.151 e. The topological polar surface area (TPSA) is 52.6 Å². The van der Waals surface area contributed by atoms with Crippen LogP contribution in [0, 0.1) is 29.5 Å². The Balaban J connectivity index is 2.04. The fourth-order valence-corrected chi connectivity index (χ4v) is 3.84. The molecule has 5 heteroatoms. The monoisotopic (exact) mass is 344 g/mol. The van der Waals surface area contributed by atoms with Crippen molar-refractivity contribution in [2.45, 2.75) is 32.1 Å². The fourth-order valence-electron chi connectivity index (χ4n) is 3.84. The number of rotatable bonds is 5. The van der Waals surface area contributed by atoms with Crippen LogP contribution in [-0.4, -0.2) is 31.9 Å². The average molecular weight is 344 g/mol. The molecule has 0 aliphatic heterocycles. The molecular formula is C20H21FO4. The lowest BCUT2D eigenvalue weighted by Crippen LogP contribution is -2.35. The van der Waals surface area contributed by atoms with Gasteiger partial charge in [0.05, 0.1) is 6.61 Å². The van der Waals surface area contributed by atoms with Crippen LogP contribution in [0.25, 0.3) is 0 Å².